The first-order valence-electron chi connectivity index (χ1n) is 5.53. The minimum Gasteiger partial charge on any atom is -0.460 e. The largest absolute Gasteiger partial charge is 0.460 e. The Bertz CT molecular complexity index is 676. The van der Waals surface area contributed by atoms with E-state index < -0.39 is 5.41 Å². The van der Waals surface area contributed by atoms with E-state index in [1.807, 2.05) is 24.3 Å². The molecule has 1 atom stereocenters. The highest BCUT2D eigenvalue weighted by Gasteiger charge is 2.46. The van der Waals surface area contributed by atoms with Crippen molar-refractivity contribution in [2.24, 2.45) is 0 Å². The molecule has 1 saturated heterocycles. The molecule has 2 amide bonds. The summed E-state index contributed by atoms with van der Waals surface area (Å²) >= 11 is 3.38. The number of carbonyl (C=O) groups excluding carboxylic acids is 2. The first-order valence-corrected chi connectivity index (χ1v) is 6.32. The third kappa shape index (κ3) is 1.58. The van der Waals surface area contributed by atoms with Crippen LogP contribution in [0.5, 0.6) is 0 Å². The molecule has 18 heavy (non-hydrogen) atoms. The zero-order valence-corrected chi connectivity index (χ0v) is 11.2. The highest BCUT2D eigenvalue weighted by molar-refractivity contribution is 9.10. The predicted octanol–water partition coefficient (Wildman–Crippen LogP) is 2.50. The Morgan fingerprint density at radius 2 is 2.11 bits per heavy atom. The molecule has 0 radical (unpaired) electrons. The second-order valence-corrected chi connectivity index (χ2v) is 5.59. The average molecular weight is 308 g/mol. The van der Waals surface area contributed by atoms with Gasteiger partial charge in [0.15, 0.2) is 0 Å². The Hall–Kier alpha value is -1.62. The summed E-state index contributed by atoms with van der Waals surface area (Å²) in [5.74, 6) is -0.0336. The fraction of sp³-hybridized carbons (Fsp3) is 0.231. The summed E-state index contributed by atoms with van der Waals surface area (Å²) in [6.45, 7) is 1.72. The van der Waals surface area contributed by atoms with E-state index in [0.717, 1.165) is 9.86 Å². The fourth-order valence-electron chi connectivity index (χ4n) is 2.20. The first kappa shape index (κ1) is 11.5. The fourth-order valence-corrected chi connectivity index (χ4v) is 2.57. The molecule has 3 rings (SSSR count). The quantitative estimate of drug-likeness (QED) is 0.824. The SMILES string of the molecule is CC1(c2cc3cc(Br)ccc3o2)CC(=O)NC1=O. The van der Waals surface area contributed by atoms with Gasteiger partial charge in [0, 0.05) is 16.3 Å². The summed E-state index contributed by atoms with van der Waals surface area (Å²) in [7, 11) is 0. The predicted molar refractivity (Wildman–Crippen MR) is 69.0 cm³/mol. The molecular weight excluding hydrogens is 298 g/mol. The summed E-state index contributed by atoms with van der Waals surface area (Å²) in [5.41, 5.74) is -0.190. The topological polar surface area (TPSA) is 59.3 Å². The van der Waals surface area contributed by atoms with E-state index in [1.165, 1.54) is 0 Å². The molecule has 1 unspecified atom stereocenters. The minimum absolute atomic E-state index is 0.132. The lowest BCUT2D eigenvalue weighted by Crippen LogP contribution is -2.32. The number of hydrogen-bond donors (Lipinski definition) is 1. The van der Waals surface area contributed by atoms with E-state index in [4.69, 9.17) is 4.42 Å². The summed E-state index contributed by atoms with van der Waals surface area (Å²) in [6.07, 6.45) is 0.132. The van der Waals surface area contributed by atoms with Crippen molar-refractivity contribution in [3.8, 4) is 0 Å². The van der Waals surface area contributed by atoms with Crippen molar-refractivity contribution in [2.75, 3.05) is 0 Å². The van der Waals surface area contributed by atoms with E-state index >= 15 is 0 Å². The maximum absolute atomic E-state index is 11.8. The van der Waals surface area contributed by atoms with Crippen molar-refractivity contribution in [1.82, 2.24) is 5.32 Å². The summed E-state index contributed by atoms with van der Waals surface area (Å²) in [6, 6.07) is 7.44. The van der Waals surface area contributed by atoms with Gasteiger partial charge in [0.2, 0.25) is 11.8 Å². The van der Waals surface area contributed by atoms with Gasteiger partial charge in [-0.1, -0.05) is 15.9 Å². The lowest BCUT2D eigenvalue weighted by molar-refractivity contribution is -0.126. The van der Waals surface area contributed by atoms with Gasteiger partial charge >= 0.3 is 0 Å². The molecule has 1 fully saturated rings. The molecule has 2 heterocycles. The van der Waals surface area contributed by atoms with Crippen LogP contribution in [-0.2, 0) is 15.0 Å². The number of nitrogens with one attached hydrogen (secondary N) is 1. The molecule has 0 aliphatic carbocycles. The monoisotopic (exact) mass is 307 g/mol. The van der Waals surface area contributed by atoms with Crippen LogP contribution in [0.1, 0.15) is 19.1 Å². The Kier molecular flexibility index (Phi) is 2.35. The number of amides is 2. The summed E-state index contributed by atoms with van der Waals surface area (Å²) in [5, 5.41) is 3.22. The zero-order valence-electron chi connectivity index (χ0n) is 9.62. The number of imide groups is 1. The van der Waals surface area contributed by atoms with Crippen molar-refractivity contribution >= 4 is 38.7 Å². The van der Waals surface area contributed by atoms with Gasteiger partial charge in [-0.15, -0.1) is 0 Å². The number of rotatable bonds is 1. The van der Waals surface area contributed by atoms with Gasteiger partial charge in [0.25, 0.3) is 0 Å². The maximum atomic E-state index is 11.8. The van der Waals surface area contributed by atoms with Crippen molar-refractivity contribution < 1.29 is 14.0 Å². The average Bonchev–Trinajstić information content (AvgIpc) is 2.81. The molecule has 1 aliphatic rings. The molecule has 1 aromatic heterocycles. The van der Waals surface area contributed by atoms with Crippen LogP contribution >= 0.6 is 15.9 Å². The number of carbonyl (C=O) groups is 2. The third-order valence-corrected chi connectivity index (χ3v) is 3.78. The van der Waals surface area contributed by atoms with Crippen molar-refractivity contribution in [3.63, 3.8) is 0 Å². The maximum Gasteiger partial charge on any atom is 0.240 e. The van der Waals surface area contributed by atoms with Crippen LogP contribution in [-0.4, -0.2) is 11.8 Å². The molecule has 0 bridgehead atoms. The number of fused-ring (bicyclic) bond motifs is 1. The molecule has 2 aromatic rings. The number of halogens is 1. The van der Waals surface area contributed by atoms with Crippen LogP contribution in [0, 0.1) is 0 Å². The van der Waals surface area contributed by atoms with Crippen LogP contribution in [0.15, 0.2) is 33.2 Å². The molecular formula is C13H10BrNO3. The normalized spacial score (nSPS) is 23.7. The van der Waals surface area contributed by atoms with Crippen LogP contribution in [0.2, 0.25) is 0 Å². The number of furan rings is 1. The Morgan fingerprint density at radius 1 is 1.33 bits per heavy atom. The van der Waals surface area contributed by atoms with E-state index in [1.54, 1.807) is 6.92 Å². The highest BCUT2D eigenvalue weighted by Crippen LogP contribution is 2.36. The number of benzene rings is 1. The van der Waals surface area contributed by atoms with Crippen LogP contribution in [0.3, 0.4) is 0 Å². The third-order valence-electron chi connectivity index (χ3n) is 3.29. The molecule has 0 spiro atoms. The second kappa shape index (κ2) is 3.68. The van der Waals surface area contributed by atoms with Crippen molar-refractivity contribution in [2.45, 2.75) is 18.8 Å². The summed E-state index contributed by atoms with van der Waals surface area (Å²) < 4.78 is 6.64. The molecule has 4 nitrogen and oxygen atoms in total. The van der Waals surface area contributed by atoms with Gasteiger partial charge in [-0.2, -0.15) is 0 Å². The van der Waals surface area contributed by atoms with Gasteiger partial charge in [-0.3, -0.25) is 14.9 Å². The molecule has 92 valence electrons. The summed E-state index contributed by atoms with van der Waals surface area (Å²) in [4.78, 5) is 23.2. The highest BCUT2D eigenvalue weighted by atomic mass is 79.9. The van der Waals surface area contributed by atoms with Crippen molar-refractivity contribution in [3.05, 3.63) is 34.5 Å². The first-order chi connectivity index (χ1) is 8.49. The molecule has 1 aliphatic heterocycles. The van der Waals surface area contributed by atoms with E-state index in [-0.39, 0.29) is 18.2 Å². The Balaban J connectivity index is 2.14. The van der Waals surface area contributed by atoms with Gasteiger partial charge in [0.1, 0.15) is 16.8 Å². The molecule has 1 aromatic carbocycles. The van der Waals surface area contributed by atoms with Crippen LogP contribution in [0.25, 0.3) is 11.0 Å². The van der Waals surface area contributed by atoms with E-state index in [2.05, 4.69) is 21.2 Å². The van der Waals surface area contributed by atoms with Crippen LogP contribution < -0.4 is 5.32 Å². The molecule has 0 saturated carbocycles. The molecule has 5 heteroatoms. The van der Waals surface area contributed by atoms with Crippen molar-refractivity contribution in [1.29, 1.82) is 0 Å². The number of hydrogen-bond acceptors (Lipinski definition) is 3. The molecule has 1 N–H and O–H groups in total. The van der Waals surface area contributed by atoms with Gasteiger partial charge in [0.05, 0.1) is 0 Å². The smallest absolute Gasteiger partial charge is 0.240 e. The van der Waals surface area contributed by atoms with Gasteiger partial charge in [-0.25, -0.2) is 0 Å². The minimum atomic E-state index is -0.900. The Labute approximate surface area is 111 Å². The van der Waals surface area contributed by atoms with E-state index in [9.17, 15) is 9.59 Å². The Morgan fingerprint density at radius 3 is 2.78 bits per heavy atom. The lowest BCUT2D eigenvalue weighted by Gasteiger charge is -2.15. The van der Waals surface area contributed by atoms with Crippen LogP contribution in [0.4, 0.5) is 0 Å². The van der Waals surface area contributed by atoms with E-state index in [0.29, 0.717) is 11.3 Å². The second-order valence-electron chi connectivity index (χ2n) is 4.68. The van der Waals surface area contributed by atoms with Gasteiger partial charge in [-0.05, 0) is 31.2 Å². The zero-order chi connectivity index (χ0) is 12.9. The van der Waals surface area contributed by atoms with Gasteiger partial charge < -0.3 is 4.42 Å². The standard InChI is InChI=1S/C13H10BrNO3/c1-13(6-11(16)15-12(13)17)10-5-7-4-8(14)2-3-9(7)18-10/h2-5H,6H2,1H3,(H,15,16,17). The lowest BCUT2D eigenvalue weighted by atomic mass is 9.86.